The van der Waals surface area contributed by atoms with Gasteiger partial charge in [-0.15, -0.1) is 0 Å². The van der Waals surface area contributed by atoms with Gasteiger partial charge >= 0.3 is 0 Å². The van der Waals surface area contributed by atoms with Crippen molar-refractivity contribution in [2.75, 3.05) is 13.2 Å². The normalized spacial score (nSPS) is 12.0. The third kappa shape index (κ3) is 11.0. The third-order valence-corrected chi connectivity index (χ3v) is 5.63. The molecule has 2 aromatic rings. The van der Waals surface area contributed by atoms with Crippen LogP contribution in [0.1, 0.15) is 90.9 Å². The first-order chi connectivity index (χ1) is 16.1. The summed E-state index contributed by atoms with van der Waals surface area (Å²) in [6.07, 6.45) is 15.0. The van der Waals surface area contributed by atoms with E-state index < -0.39 is 12.0 Å². The fourth-order valence-corrected chi connectivity index (χ4v) is 3.61. The van der Waals surface area contributed by atoms with Crippen molar-refractivity contribution in [1.82, 2.24) is 9.97 Å². The Morgan fingerprint density at radius 2 is 1.42 bits per heavy atom. The van der Waals surface area contributed by atoms with Gasteiger partial charge in [0.15, 0.2) is 11.6 Å². The van der Waals surface area contributed by atoms with Crippen LogP contribution in [0.3, 0.4) is 0 Å². The molecular formula is C27H40F2N2O2. The molecule has 0 N–H and O–H groups in total. The van der Waals surface area contributed by atoms with Crippen LogP contribution in [0, 0.1) is 5.82 Å². The van der Waals surface area contributed by atoms with Gasteiger partial charge in [0.05, 0.1) is 24.6 Å². The van der Waals surface area contributed by atoms with Crippen LogP contribution in [0.2, 0.25) is 0 Å². The standard InChI is InChI=1S/C27H40F2N2O2/c1-3-5-7-9-10-11-13-17-32-23-15-16-25(26(29)18-23)27-30-19-24(20-31-27)33-21-22(28)14-12-8-6-4-2/h15-16,18-20,22H,3-14,17,21H2,1-2H3. The van der Waals surface area contributed by atoms with E-state index in [-0.39, 0.29) is 12.4 Å². The van der Waals surface area contributed by atoms with Gasteiger partial charge in [-0.1, -0.05) is 78.1 Å². The minimum absolute atomic E-state index is 0.0199. The summed E-state index contributed by atoms with van der Waals surface area (Å²) in [7, 11) is 0. The molecule has 0 fully saturated rings. The lowest BCUT2D eigenvalue weighted by atomic mass is 10.1. The molecule has 6 heteroatoms. The van der Waals surface area contributed by atoms with Crippen LogP contribution in [0.15, 0.2) is 30.6 Å². The van der Waals surface area contributed by atoms with E-state index >= 15 is 0 Å². The second-order valence-corrected chi connectivity index (χ2v) is 8.61. The Hall–Kier alpha value is -2.24. The average Bonchev–Trinajstić information content (AvgIpc) is 2.83. The molecule has 0 saturated heterocycles. The number of benzene rings is 1. The van der Waals surface area contributed by atoms with Crippen molar-refractivity contribution in [3.8, 4) is 22.9 Å². The number of nitrogens with zero attached hydrogens (tertiary/aromatic N) is 2. The van der Waals surface area contributed by atoms with E-state index in [9.17, 15) is 8.78 Å². The van der Waals surface area contributed by atoms with E-state index in [1.165, 1.54) is 50.6 Å². The largest absolute Gasteiger partial charge is 0.493 e. The van der Waals surface area contributed by atoms with Gasteiger partial charge in [0, 0.05) is 6.07 Å². The number of alkyl halides is 1. The topological polar surface area (TPSA) is 44.2 Å². The van der Waals surface area contributed by atoms with Gasteiger partial charge in [0.25, 0.3) is 0 Å². The second kappa shape index (κ2) is 16.4. The van der Waals surface area contributed by atoms with Crippen molar-refractivity contribution >= 4 is 0 Å². The predicted molar refractivity (Wildman–Crippen MR) is 130 cm³/mol. The van der Waals surface area contributed by atoms with Gasteiger partial charge in [-0.05, 0) is 25.0 Å². The molecule has 1 unspecified atom stereocenters. The highest BCUT2D eigenvalue weighted by Gasteiger charge is 2.11. The summed E-state index contributed by atoms with van der Waals surface area (Å²) in [6, 6.07) is 4.73. The molecule has 4 nitrogen and oxygen atoms in total. The summed E-state index contributed by atoms with van der Waals surface area (Å²) in [5.41, 5.74) is 0.295. The zero-order chi connectivity index (χ0) is 23.7. The fraction of sp³-hybridized carbons (Fsp3) is 0.630. The Bertz CT molecular complexity index is 771. The van der Waals surface area contributed by atoms with Crippen molar-refractivity contribution in [1.29, 1.82) is 0 Å². The van der Waals surface area contributed by atoms with E-state index in [1.54, 1.807) is 12.1 Å². The monoisotopic (exact) mass is 462 g/mol. The Labute approximate surface area is 198 Å². The molecule has 0 aliphatic rings. The van der Waals surface area contributed by atoms with E-state index in [2.05, 4.69) is 23.8 Å². The van der Waals surface area contributed by atoms with Gasteiger partial charge in [-0.2, -0.15) is 0 Å². The highest BCUT2D eigenvalue weighted by Crippen LogP contribution is 2.25. The molecule has 0 saturated carbocycles. The highest BCUT2D eigenvalue weighted by molar-refractivity contribution is 5.57. The summed E-state index contributed by atoms with van der Waals surface area (Å²) in [5.74, 6) is 0.714. The maximum absolute atomic E-state index is 14.6. The lowest BCUT2D eigenvalue weighted by Crippen LogP contribution is -2.13. The molecule has 33 heavy (non-hydrogen) atoms. The van der Waals surface area contributed by atoms with Gasteiger partial charge < -0.3 is 9.47 Å². The van der Waals surface area contributed by atoms with Crippen molar-refractivity contribution in [3.05, 3.63) is 36.4 Å². The van der Waals surface area contributed by atoms with Gasteiger partial charge in [-0.25, -0.2) is 18.7 Å². The highest BCUT2D eigenvalue weighted by atomic mass is 19.1. The SMILES string of the molecule is CCCCCCCCCOc1ccc(-c2ncc(OCC(F)CCCCCC)cn2)c(F)c1. The Kier molecular flexibility index (Phi) is 13.4. The first-order valence-electron chi connectivity index (χ1n) is 12.7. The Balaban J connectivity index is 1.74. The fourth-order valence-electron chi connectivity index (χ4n) is 3.61. The molecule has 184 valence electrons. The molecule has 0 amide bonds. The molecule has 0 spiro atoms. The minimum atomic E-state index is -1.01. The third-order valence-electron chi connectivity index (χ3n) is 5.63. The van der Waals surface area contributed by atoms with Crippen LogP contribution in [0.4, 0.5) is 8.78 Å². The summed E-state index contributed by atoms with van der Waals surface area (Å²) in [6.45, 7) is 4.91. The Morgan fingerprint density at radius 1 is 0.788 bits per heavy atom. The number of unbranched alkanes of at least 4 members (excludes halogenated alkanes) is 9. The number of aromatic nitrogens is 2. The molecule has 2 rings (SSSR count). The van der Waals surface area contributed by atoms with Gasteiger partial charge in [0.1, 0.15) is 24.3 Å². The zero-order valence-electron chi connectivity index (χ0n) is 20.3. The minimum Gasteiger partial charge on any atom is -0.493 e. The van der Waals surface area contributed by atoms with E-state index in [0.29, 0.717) is 30.1 Å². The van der Waals surface area contributed by atoms with Crippen LogP contribution in [0.25, 0.3) is 11.4 Å². The summed E-state index contributed by atoms with van der Waals surface area (Å²) < 4.78 is 39.6. The van der Waals surface area contributed by atoms with Crippen LogP contribution in [-0.2, 0) is 0 Å². The van der Waals surface area contributed by atoms with Crippen LogP contribution >= 0.6 is 0 Å². The van der Waals surface area contributed by atoms with Crippen molar-refractivity contribution < 1.29 is 18.3 Å². The zero-order valence-corrected chi connectivity index (χ0v) is 20.3. The van der Waals surface area contributed by atoms with E-state index in [1.807, 2.05) is 0 Å². The Morgan fingerprint density at radius 3 is 2.09 bits per heavy atom. The lowest BCUT2D eigenvalue weighted by Gasteiger charge is -2.11. The number of hydrogen-bond acceptors (Lipinski definition) is 4. The molecule has 1 atom stereocenters. The smallest absolute Gasteiger partial charge is 0.162 e. The van der Waals surface area contributed by atoms with Gasteiger partial charge in [0.2, 0.25) is 0 Å². The van der Waals surface area contributed by atoms with Crippen molar-refractivity contribution in [2.24, 2.45) is 0 Å². The molecule has 1 heterocycles. The van der Waals surface area contributed by atoms with E-state index in [4.69, 9.17) is 9.47 Å². The quantitative estimate of drug-likeness (QED) is 0.210. The number of hydrogen-bond donors (Lipinski definition) is 0. The summed E-state index contributed by atoms with van der Waals surface area (Å²) in [5, 5.41) is 0. The van der Waals surface area contributed by atoms with E-state index in [0.717, 1.165) is 38.5 Å². The molecule has 0 radical (unpaired) electrons. The average molecular weight is 463 g/mol. The number of rotatable bonds is 18. The summed E-state index contributed by atoms with van der Waals surface area (Å²) >= 11 is 0. The van der Waals surface area contributed by atoms with Crippen LogP contribution in [0.5, 0.6) is 11.5 Å². The maximum atomic E-state index is 14.6. The lowest BCUT2D eigenvalue weighted by molar-refractivity contribution is 0.183. The second-order valence-electron chi connectivity index (χ2n) is 8.61. The first kappa shape index (κ1) is 27.0. The number of ether oxygens (including phenoxy) is 2. The summed E-state index contributed by atoms with van der Waals surface area (Å²) in [4.78, 5) is 8.36. The first-order valence-corrected chi connectivity index (χ1v) is 12.7. The molecular weight excluding hydrogens is 422 g/mol. The predicted octanol–water partition coefficient (Wildman–Crippen LogP) is 8.10. The van der Waals surface area contributed by atoms with Crippen LogP contribution in [-0.4, -0.2) is 29.4 Å². The molecule has 0 aliphatic heterocycles. The van der Waals surface area contributed by atoms with Crippen LogP contribution < -0.4 is 9.47 Å². The van der Waals surface area contributed by atoms with Crippen molar-refractivity contribution in [2.45, 2.75) is 97.1 Å². The van der Waals surface area contributed by atoms with Gasteiger partial charge in [-0.3, -0.25) is 0 Å². The number of halogens is 2. The maximum Gasteiger partial charge on any atom is 0.162 e. The molecule has 0 bridgehead atoms. The van der Waals surface area contributed by atoms with Crippen molar-refractivity contribution in [3.63, 3.8) is 0 Å². The molecule has 0 aliphatic carbocycles. The molecule has 1 aromatic heterocycles. The molecule has 1 aromatic carbocycles.